The van der Waals surface area contributed by atoms with E-state index in [0.717, 1.165) is 38.9 Å². The maximum absolute atomic E-state index is 13.6. The molecule has 0 unspecified atom stereocenters. The van der Waals surface area contributed by atoms with Crippen LogP contribution in [0.5, 0.6) is 0 Å². The summed E-state index contributed by atoms with van der Waals surface area (Å²) in [4.78, 5) is 27.2. The Morgan fingerprint density at radius 1 is 0.515 bits per heavy atom. The van der Waals surface area contributed by atoms with E-state index < -0.39 is 0 Å². The molecule has 2 amide bonds. The predicted octanol–water partition coefficient (Wildman–Crippen LogP) is 6.22. The summed E-state index contributed by atoms with van der Waals surface area (Å²) in [6, 6.07) is 33.2. The van der Waals surface area contributed by atoms with Crippen molar-refractivity contribution >= 4 is 22.6 Å². The molecule has 1 aliphatic heterocycles. The van der Waals surface area contributed by atoms with Gasteiger partial charge in [0.05, 0.1) is 22.5 Å². The van der Waals surface area contributed by atoms with Crippen LogP contribution in [0.25, 0.3) is 33.3 Å². The fourth-order valence-electron chi connectivity index (χ4n) is 4.66. The van der Waals surface area contributed by atoms with Gasteiger partial charge in [-0.25, -0.2) is 4.68 Å². The Bertz CT molecular complexity index is 1510. The third kappa shape index (κ3) is 2.84. The van der Waals surface area contributed by atoms with Gasteiger partial charge in [-0.15, -0.1) is 0 Å². The lowest BCUT2D eigenvalue weighted by atomic mass is 10.0. The zero-order valence-corrected chi connectivity index (χ0v) is 18.0. The van der Waals surface area contributed by atoms with Gasteiger partial charge in [0.15, 0.2) is 0 Å². The molecule has 2 heterocycles. The molecule has 0 radical (unpaired) electrons. The van der Waals surface area contributed by atoms with Crippen molar-refractivity contribution in [2.75, 3.05) is 5.01 Å². The molecular formula is C29H20N2O2. The van der Waals surface area contributed by atoms with Crippen molar-refractivity contribution in [1.82, 2.24) is 4.68 Å². The van der Waals surface area contributed by atoms with Gasteiger partial charge >= 0.3 is 0 Å². The summed E-state index contributed by atoms with van der Waals surface area (Å²) in [7, 11) is 0. The average molecular weight is 428 g/mol. The minimum absolute atomic E-state index is 0.318. The molecule has 0 atom stereocenters. The molecule has 0 spiro atoms. The van der Waals surface area contributed by atoms with Crippen molar-refractivity contribution in [3.8, 4) is 22.5 Å². The zero-order chi connectivity index (χ0) is 22.5. The first-order chi connectivity index (χ1) is 16.1. The van der Waals surface area contributed by atoms with Crippen LogP contribution in [0.15, 0.2) is 103 Å². The topological polar surface area (TPSA) is 42.3 Å². The molecule has 0 fully saturated rings. The van der Waals surface area contributed by atoms with Crippen molar-refractivity contribution < 1.29 is 9.59 Å². The normalized spacial score (nSPS) is 13.1. The van der Waals surface area contributed by atoms with Crippen LogP contribution in [0.4, 0.5) is 0 Å². The highest BCUT2D eigenvalue weighted by Crippen LogP contribution is 2.41. The molecule has 0 N–H and O–H groups in total. The summed E-state index contributed by atoms with van der Waals surface area (Å²) in [5.74, 6) is -0.636. The lowest BCUT2D eigenvalue weighted by Gasteiger charge is -2.22. The number of carbonyl (C=O) groups is 2. The largest absolute Gasteiger partial charge is 0.281 e. The zero-order valence-electron chi connectivity index (χ0n) is 18.0. The van der Waals surface area contributed by atoms with Gasteiger partial charge in [-0.05, 0) is 19.1 Å². The molecule has 158 valence electrons. The number of aromatic nitrogens is 1. The lowest BCUT2D eigenvalue weighted by molar-refractivity contribution is 0.0888. The van der Waals surface area contributed by atoms with E-state index in [1.165, 1.54) is 5.01 Å². The molecule has 0 bridgehead atoms. The summed E-state index contributed by atoms with van der Waals surface area (Å²) in [6.07, 6.45) is 0. The quantitative estimate of drug-likeness (QED) is 0.320. The average Bonchev–Trinajstić information content (AvgIpc) is 3.32. The fraction of sp³-hybridized carbons (Fsp3) is 0.0345. The Morgan fingerprint density at radius 2 is 0.970 bits per heavy atom. The number of aryl methyl sites for hydroxylation is 1. The van der Waals surface area contributed by atoms with Crippen LogP contribution >= 0.6 is 0 Å². The molecule has 4 aromatic carbocycles. The Kier molecular flexibility index (Phi) is 4.27. The third-order valence-electron chi connectivity index (χ3n) is 6.21. The number of fused-ring (bicyclic) bond motifs is 2. The Balaban J connectivity index is 1.74. The van der Waals surface area contributed by atoms with E-state index in [9.17, 15) is 9.59 Å². The number of nitrogens with zero attached hydrogens (tertiary/aromatic N) is 2. The van der Waals surface area contributed by atoms with Crippen LogP contribution in [0.3, 0.4) is 0 Å². The van der Waals surface area contributed by atoms with Gasteiger partial charge in [0.1, 0.15) is 0 Å². The minimum Gasteiger partial charge on any atom is -0.267 e. The molecule has 0 aliphatic carbocycles. The second-order valence-electron chi connectivity index (χ2n) is 8.25. The molecule has 6 rings (SSSR count). The monoisotopic (exact) mass is 428 g/mol. The van der Waals surface area contributed by atoms with E-state index in [0.29, 0.717) is 11.1 Å². The number of carbonyl (C=O) groups excluding carboxylic acids is 2. The maximum Gasteiger partial charge on any atom is 0.281 e. The van der Waals surface area contributed by atoms with E-state index in [-0.39, 0.29) is 11.8 Å². The van der Waals surface area contributed by atoms with Crippen LogP contribution in [-0.4, -0.2) is 16.5 Å². The lowest BCUT2D eigenvalue weighted by Crippen LogP contribution is -2.40. The van der Waals surface area contributed by atoms with Gasteiger partial charge in [-0.1, -0.05) is 96.6 Å². The summed E-state index contributed by atoms with van der Waals surface area (Å²) in [6.45, 7) is 2.04. The smallest absolute Gasteiger partial charge is 0.267 e. The number of rotatable bonds is 3. The van der Waals surface area contributed by atoms with Crippen LogP contribution in [0, 0.1) is 6.92 Å². The standard InChI is InChI=1S/C29H20N2O2/c1-19-15-17-21(18-16-19)27-23-12-6-5-11-22(23)26(20-9-3-2-4-10-20)30(27)31-28(32)24-13-7-8-14-25(24)29(31)33/h2-18H,1H3. The van der Waals surface area contributed by atoms with Gasteiger partial charge in [0, 0.05) is 21.9 Å². The highest BCUT2D eigenvalue weighted by atomic mass is 16.2. The molecule has 1 aliphatic rings. The molecule has 33 heavy (non-hydrogen) atoms. The van der Waals surface area contributed by atoms with Crippen LogP contribution < -0.4 is 5.01 Å². The molecule has 0 saturated heterocycles. The van der Waals surface area contributed by atoms with E-state index >= 15 is 0 Å². The Morgan fingerprint density at radius 3 is 1.52 bits per heavy atom. The first-order valence-corrected chi connectivity index (χ1v) is 10.9. The summed E-state index contributed by atoms with van der Waals surface area (Å²) < 4.78 is 1.81. The second kappa shape index (κ2) is 7.31. The molecule has 1 aromatic heterocycles. The van der Waals surface area contributed by atoms with Crippen molar-refractivity contribution in [3.05, 3.63) is 120 Å². The van der Waals surface area contributed by atoms with E-state index in [2.05, 4.69) is 0 Å². The van der Waals surface area contributed by atoms with Crippen molar-refractivity contribution in [3.63, 3.8) is 0 Å². The minimum atomic E-state index is -0.318. The fourth-order valence-corrected chi connectivity index (χ4v) is 4.66. The Hall–Kier alpha value is -4.44. The first kappa shape index (κ1) is 19.3. The highest BCUT2D eigenvalue weighted by molar-refractivity contribution is 6.31. The summed E-state index contributed by atoms with van der Waals surface area (Å²) >= 11 is 0. The number of imide groups is 1. The molecule has 0 saturated carbocycles. The number of hydrogen-bond acceptors (Lipinski definition) is 2. The van der Waals surface area contributed by atoms with Gasteiger partial charge in [0.2, 0.25) is 0 Å². The Labute approximate surface area is 191 Å². The van der Waals surface area contributed by atoms with Crippen LogP contribution in [-0.2, 0) is 0 Å². The SMILES string of the molecule is Cc1ccc(-c2c3ccccc3c(-c3ccccc3)n2N2C(=O)c3ccccc3C2=O)cc1. The van der Waals surface area contributed by atoms with E-state index in [1.807, 2.05) is 90.5 Å². The van der Waals surface area contributed by atoms with Crippen molar-refractivity contribution in [2.45, 2.75) is 6.92 Å². The molecule has 5 aromatic rings. The summed E-state index contributed by atoms with van der Waals surface area (Å²) in [5, 5.41) is 3.26. The second-order valence-corrected chi connectivity index (χ2v) is 8.25. The highest BCUT2D eigenvalue weighted by Gasteiger charge is 2.39. The first-order valence-electron chi connectivity index (χ1n) is 10.9. The molecule has 4 nitrogen and oxygen atoms in total. The van der Waals surface area contributed by atoms with Gasteiger partial charge in [-0.3, -0.25) is 9.59 Å². The van der Waals surface area contributed by atoms with Gasteiger partial charge in [-0.2, -0.15) is 5.01 Å². The molecule has 4 heteroatoms. The maximum atomic E-state index is 13.6. The van der Waals surface area contributed by atoms with E-state index in [1.54, 1.807) is 24.3 Å². The van der Waals surface area contributed by atoms with Crippen LogP contribution in [0.2, 0.25) is 0 Å². The van der Waals surface area contributed by atoms with Crippen LogP contribution in [0.1, 0.15) is 26.3 Å². The number of hydrogen-bond donors (Lipinski definition) is 0. The summed E-state index contributed by atoms with van der Waals surface area (Å²) in [5.41, 5.74) is 5.50. The van der Waals surface area contributed by atoms with E-state index in [4.69, 9.17) is 0 Å². The third-order valence-corrected chi connectivity index (χ3v) is 6.21. The number of amides is 2. The molecular weight excluding hydrogens is 408 g/mol. The van der Waals surface area contributed by atoms with Crippen molar-refractivity contribution in [2.24, 2.45) is 0 Å². The predicted molar refractivity (Wildman–Crippen MR) is 131 cm³/mol. The van der Waals surface area contributed by atoms with Gasteiger partial charge in [0.25, 0.3) is 11.8 Å². The number of benzene rings is 4. The van der Waals surface area contributed by atoms with Crippen molar-refractivity contribution in [1.29, 1.82) is 0 Å². The van der Waals surface area contributed by atoms with Gasteiger partial charge < -0.3 is 0 Å².